The van der Waals surface area contributed by atoms with Gasteiger partial charge in [-0.1, -0.05) is 22.9 Å². The van der Waals surface area contributed by atoms with Crippen LogP contribution in [0.4, 0.5) is 0 Å². The summed E-state index contributed by atoms with van der Waals surface area (Å²) in [6.45, 7) is 6.07. The van der Waals surface area contributed by atoms with Crippen molar-refractivity contribution in [2.75, 3.05) is 26.2 Å². The van der Waals surface area contributed by atoms with Gasteiger partial charge in [0.05, 0.1) is 19.6 Å². The van der Waals surface area contributed by atoms with E-state index in [1.54, 1.807) is 17.0 Å². The number of hydrogen-bond donors (Lipinski definition) is 3. The van der Waals surface area contributed by atoms with Gasteiger partial charge >= 0.3 is 0 Å². The van der Waals surface area contributed by atoms with E-state index in [1.807, 2.05) is 12.1 Å². The van der Waals surface area contributed by atoms with E-state index in [1.165, 1.54) is 13.0 Å². The molecule has 0 unspecified atom stereocenters. The van der Waals surface area contributed by atoms with Gasteiger partial charge in [0.25, 0.3) is 5.91 Å². The molecule has 0 aliphatic carbocycles. The first kappa shape index (κ1) is 18.9. The van der Waals surface area contributed by atoms with E-state index in [-0.39, 0.29) is 11.8 Å². The number of likely N-dealkylation sites (tertiary alicyclic amines) is 1. The van der Waals surface area contributed by atoms with Crippen LogP contribution in [0, 0.1) is 0 Å². The number of carbonyl (C=O) groups is 2. The molecular formula is C18H27BrN3O2+. The molecule has 24 heavy (non-hydrogen) atoms. The molecule has 6 heteroatoms. The zero-order valence-electron chi connectivity index (χ0n) is 14.2. The fourth-order valence-corrected chi connectivity index (χ4v) is 3.33. The van der Waals surface area contributed by atoms with Crippen LogP contribution in [0.15, 0.2) is 28.7 Å². The number of benzene rings is 1. The van der Waals surface area contributed by atoms with Crippen molar-refractivity contribution in [1.29, 1.82) is 0 Å². The topological polar surface area (TPSA) is 62.6 Å². The van der Waals surface area contributed by atoms with Crippen LogP contribution < -0.4 is 15.5 Å². The molecule has 1 saturated heterocycles. The van der Waals surface area contributed by atoms with E-state index >= 15 is 0 Å². The Morgan fingerprint density at radius 1 is 1.21 bits per heavy atom. The maximum absolute atomic E-state index is 12.0. The number of quaternary nitrogens is 1. The summed E-state index contributed by atoms with van der Waals surface area (Å²) >= 11 is 3.34. The Morgan fingerprint density at radius 2 is 1.88 bits per heavy atom. The summed E-state index contributed by atoms with van der Waals surface area (Å²) in [6, 6.07) is 7.46. The van der Waals surface area contributed by atoms with Crippen LogP contribution in [0.1, 0.15) is 43.0 Å². The van der Waals surface area contributed by atoms with Gasteiger partial charge in [0.15, 0.2) is 0 Å². The van der Waals surface area contributed by atoms with Gasteiger partial charge in [-0.05, 0) is 30.7 Å². The van der Waals surface area contributed by atoms with Crippen molar-refractivity contribution in [1.82, 2.24) is 10.6 Å². The van der Waals surface area contributed by atoms with E-state index in [0.717, 1.165) is 30.4 Å². The average molecular weight is 397 g/mol. The third kappa shape index (κ3) is 6.24. The second kappa shape index (κ2) is 9.79. The number of nitrogens with one attached hydrogen (secondary N) is 3. The van der Waals surface area contributed by atoms with Gasteiger partial charge in [0.2, 0.25) is 5.91 Å². The highest BCUT2D eigenvalue weighted by molar-refractivity contribution is 9.10. The number of piperidine rings is 1. The first-order valence-electron chi connectivity index (χ1n) is 8.75. The minimum Gasteiger partial charge on any atom is -0.353 e. The van der Waals surface area contributed by atoms with Gasteiger partial charge in [-0.2, -0.15) is 0 Å². The second-order valence-corrected chi connectivity index (χ2v) is 7.27. The Bertz CT molecular complexity index is 540. The molecule has 1 aromatic rings. The molecular weight excluding hydrogens is 370 g/mol. The maximum Gasteiger partial charge on any atom is 0.251 e. The largest absolute Gasteiger partial charge is 0.353 e. The van der Waals surface area contributed by atoms with E-state index in [9.17, 15) is 9.59 Å². The zero-order chi connectivity index (χ0) is 17.4. The van der Waals surface area contributed by atoms with Crippen LogP contribution in [0.3, 0.4) is 0 Å². The Labute approximate surface area is 152 Å². The van der Waals surface area contributed by atoms with Crippen LogP contribution in [0.5, 0.6) is 0 Å². The summed E-state index contributed by atoms with van der Waals surface area (Å²) in [5.74, 6) is -0.123. The number of carbonyl (C=O) groups excluding carboxylic acids is 2. The minimum atomic E-state index is -0.147. The van der Waals surface area contributed by atoms with Crippen molar-refractivity contribution < 1.29 is 14.5 Å². The first-order chi connectivity index (χ1) is 11.6. The number of amides is 2. The van der Waals surface area contributed by atoms with Gasteiger partial charge in [-0.25, -0.2) is 0 Å². The Balaban J connectivity index is 1.63. The highest BCUT2D eigenvalue weighted by Gasteiger charge is 2.22. The second-order valence-electron chi connectivity index (χ2n) is 6.35. The summed E-state index contributed by atoms with van der Waals surface area (Å²) in [5.41, 5.74) is 0.602. The summed E-state index contributed by atoms with van der Waals surface area (Å²) in [7, 11) is 0. The monoisotopic (exact) mass is 396 g/mol. The molecule has 0 spiro atoms. The molecule has 0 radical (unpaired) electrons. The molecule has 1 aliphatic rings. The molecule has 1 aromatic carbocycles. The molecule has 0 atom stereocenters. The Morgan fingerprint density at radius 3 is 2.50 bits per heavy atom. The first-order valence-corrected chi connectivity index (χ1v) is 9.54. The van der Waals surface area contributed by atoms with E-state index < -0.39 is 0 Å². The van der Waals surface area contributed by atoms with Gasteiger partial charge in [0.1, 0.15) is 0 Å². The van der Waals surface area contributed by atoms with Crippen molar-refractivity contribution in [3.8, 4) is 0 Å². The SMILES string of the molecule is CCC[NH+]1CCC(NC(=O)CCNC(=O)c2ccc(Br)cc2)CC1. The summed E-state index contributed by atoms with van der Waals surface area (Å²) < 4.78 is 0.935. The number of rotatable bonds is 7. The molecule has 3 N–H and O–H groups in total. The van der Waals surface area contributed by atoms with Crippen LogP contribution >= 0.6 is 15.9 Å². The summed E-state index contributed by atoms with van der Waals surface area (Å²) in [6.07, 6.45) is 3.63. The zero-order valence-corrected chi connectivity index (χ0v) is 15.8. The Kier molecular flexibility index (Phi) is 7.72. The third-order valence-electron chi connectivity index (χ3n) is 4.41. The average Bonchev–Trinajstić information content (AvgIpc) is 2.57. The molecule has 132 valence electrons. The van der Waals surface area contributed by atoms with Crippen molar-refractivity contribution in [2.24, 2.45) is 0 Å². The highest BCUT2D eigenvalue weighted by atomic mass is 79.9. The van der Waals surface area contributed by atoms with Crippen LogP contribution in [-0.2, 0) is 4.79 Å². The molecule has 1 heterocycles. The quantitative estimate of drug-likeness (QED) is 0.646. The van der Waals surface area contributed by atoms with E-state index in [0.29, 0.717) is 24.6 Å². The Hall–Kier alpha value is -1.40. The lowest BCUT2D eigenvalue weighted by Crippen LogP contribution is -3.13. The maximum atomic E-state index is 12.0. The summed E-state index contributed by atoms with van der Waals surface area (Å²) in [5, 5.41) is 5.88. The standard InChI is InChI=1S/C18H26BrN3O2/c1-2-11-22-12-8-16(9-13-22)21-17(23)7-10-20-18(24)14-3-5-15(19)6-4-14/h3-6,16H,2,7-13H2,1H3,(H,20,24)(H,21,23)/p+1. The fraction of sp³-hybridized carbons (Fsp3) is 0.556. The van der Waals surface area contributed by atoms with Crippen molar-refractivity contribution in [3.63, 3.8) is 0 Å². The van der Waals surface area contributed by atoms with Crippen LogP contribution in [-0.4, -0.2) is 44.0 Å². The van der Waals surface area contributed by atoms with Gasteiger partial charge in [0, 0.05) is 41.9 Å². The smallest absolute Gasteiger partial charge is 0.251 e. The predicted molar refractivity (Wildman–Crippen MR) is 98.1 cm³/mol. The molecule has 0 bridgehead atoms. The molecule has 1 fully saturated rings. The highest BCUT2D eigenvalue weighted by Crippen LogP contribution is 2.10. The molecule has 2 rings (SSSR count). The predicted octanol–water partition coefficient (Wildman–Crippen LogP) is 1.14. The van der Waals surface area contributed by atoms with Crippen LogP contribution in [0.2, 0.25) is 0 Å². The molecule has 0 aromatic heterocycles. The molecule has 0 saturated carbocycles. The third-order valence-corrected chi connectivity index (χ3v) is 4.93. The summed E-state index contributed by atoms with van der Waals surface area (Å²) in [4.78, 5) is 25.6. The normalized spacial score (nSPS) is 20.4. The van der Waals surface area contributed by atoms with Crippen molar-refractivity contribution in [2.45, 2.75) is 38.6 Å². The van der Waals surface area contributed by atoms with Gasteiger partial charge < -0.3 is 15.5 Å². The molecule has 2 amide bonds. The van der Waals surface area contributed by atoms with Crippen LogP contribution in [0.25, 0.3) is 0 Å². The lowest BCUT2D eigenvalue weighted by atomic mass is 10.0. The van der Waals surface area contributed by atoms with Crippen molar-refractivity contribution >= 4 is 27.7 Å². The lowest BCUT2D eigenvalue weighted by molar-refractivity contribution is -0.905. The molecule has 1 aliphatic heterocycles. The van der Waals surface area contributed by atoms with Gasteiger partial charge in [-0.15, -0.1) is 0 Å². The number of hydrogen-bond acceptors (Lipinski definition) is 2. The van der Waals surface area contributed by atoms with E-state index in [4.69, 9.17) is 0 Å². The lowest BCUT2D eigenvalue weighted by Gasteiger charge is -2.29. The van der Waals surface area contributed by atoms with E-state index in [2.05, 4.69) is 33.5 Å². The minimum absolute atomic E-state index is 0.0232. The van der Waals surface area contributed by atoms with Gasteiger partial charge in [-0.3, -0.25) is 9.59 Å². The number of halogens is 1. The molecule has 5 nitrogen and oxygen atoms in total. The van der Waals surface area contributed by atoms with Crippen molar-refractivity contribution in [3.05, 3.63) is 34.3 Å². The fourth-order valence-electron chi connectivity index (χ4n) is 3.07.